The Hall–Kier alpha value is -1.26. The lowest BCUT2D eigenvalue weighted by atomic mass is 10.0. The third kappa shape index (κ3) is 4.61. The number of piperidine rings is 1. The number of nitrogens with zero attached hydrogens (tertiary/aromatic N) is 1. The number of hydrogen-bond acceptors (Lipinski definition) is 4. The van der Waals surface area contributed by atoms with E-state index in [9.17, 15) is 5.11 Å². The Kier molecular flexibility index (Phi) is 6.33. The second-order valence-electron chi connectivity index (χ2n) is 5.67. The van der Waals surface area contributed by atoms with Gasteiger partial charge in [0.15, 0.2) is 11.5 Å². The fourth-order valence-corrected chi connectivity index (χ4v) is 2.91. The summed E-state index contributed by atoms with van der Waals surface area (Å²) >= 11 is 0. The normalized spacial score (nSPS) is 18.9. The highest BCUT2D eigenvalue weighted by Gasteiger charge is 2.17. The first-order valence-corrected chi connectivity index (χ1v) is 8.14. The standard InChI is InChI=1S/C17H28N2O2/c1-3-19(13-15-9-5-6-11-18-15)12-14-8-7-10-16(17(14)20)21-4-2/h7-8,10,15,18,20H,3-6,9,11-13H2,1-2H3. The summed E-state index contributed by atoms with van der Waals surface area (Å²) in [5.74, 6) is 0.872. The van der Waals surface area contributed by atoms with Gasteiger partial charge in [0, 0.05) is 24.7 Å². The number of para-hydroxylation sites is 1. The fourth-order valence-electron chi connectivity index (χ4n) is 2.91. The zero-order chi connectivity index (χ0) is 15.1. The predicted molar refractivity (Wildman–Crippen MR) is 85.9 cm³/mol. The number of ether oxygens (including phenoxy) is 1. The van der Waals surface area contributed by atoms with Gasteiger partial charge in [-0.05, 0) is 38.9 Å². The summed E-state index contributed by atoms with van der Waals surface area (Å²) < 4.78 is 5.46. The molecule has 1 saturated heterocycles. The van der Waals surface area contributed by atoms with Crippen molar-refractivity contribution >= 4 is 0 Å². The zero-order valence-corrected chi connectivity index (χ0v) is 13.3. The monoisotopic (exact) mass is 292 g/mol. The van der Waals surface area contributed by atoms with E-state index in [4.69, 9.17) is 4.74 Å². The van der Waals surface area contributed by atoms with Crippen LogP contribution in [0.1, 0.15) is 38.7 Å². The van der Waals surface area contributed by atoms with Gasteiger partial charge < -0.3 is 15.2 Å². The largest absolute Gasteiger partial charge is 0.504 e. The average molecular weight is 292 g/mol. The first kappa shape index (κ1) is 16.1. The van der Waals surface area contributed by atoms with E-state index >= 15 is 0 Å². The molecule has 1 aromatic carbocycles. The molecule has 0 bridgehead atoms. The van der Waals surface area contributed by atoms with Crippen LogP contribution < -0.4 is 10.1 Å². The molecule has 0 saturated carbocycles. The molecule has 1 atom stereocenters. The maximum atomic E-state index is 10.3. The second kappa shape index (κ2) is 8.25. The summed E-state index contributed by atoms with van der Waals surface area (Å²) in [6.45, 7) is 8.59. The molecular weight excluding hydrogens is 264 g/mol. The number of phenolic OH excluding ortho intramolecular Hbond substituents is 1. The predicted octanol–water partition coefficient (Wildman–Crippen LogP) is 2.75. The third-order valence-electron chi connectivity index (χ3n) is 4.11. The molecule has 1 heterocycles. The molecule has 0 aromatic heterocycles. The molecule has 21 heavy (non-hydrogen) atoms. The molecule has 4 nitrogen and oxygen atoms in total. The van der Waals surface area contributed by atoms with Gasteiger partial charge in [-0.15, -0.1) is 0 Å². The van der Waals surface area contributed by atoms with Crippen LogP contribution in [0.5, 0.6) is 11.5 Å². The van der Waals surface area contributed by atoms with Crippen molar-refractivity contribution < 1.29 is 9.84 Å². The molecule has 0 radical (unpaired) electrons. The minimum absolute atomic E-state index is 0.286. The van der Waals surface area contributed by atoms with E-state index in [1.165, 1.54) is 19.3 Å². The molecule has 1 aliphatic rings. The first-order chi connectivity index (χ1) is 10.2. The lowest BCUT2D eigenvalue weighted by Gasteiger charge is -2.30. The molecule has 0 aliphatic carbocycles. The maximum Gasteiger partial charge on any atom is 0.162 e. The van der Waals surface area contributed by atoms with E-state index in [0.717, 1.165) is 31.7 Å². The van der Waals surface area contributed by atoms with Gasteiger partial charge in [0.25, 0.3) is 0 Å². The van der Waals surface area contributed by atoms with E-state index in [0.29, 0.717) is 18.4 Å². The van der Waals surface area contributed by atoms with Crippen LogP contribution in [0.4, 0.5) is 0 Å². The van der Waals surface area contributed by atoms with E-state index in [1.807, 2.05) is 25.1 Å². The lowest BCUT2D eigenvalue weighted by molar-refractivity contribution is 0.223. The van der Waals surface area contributed by atoms with Crippen LogP contribution in [0.15, 0.2) is 18.2 Å². The summed E-state index contributed by atoms with van der Waals surface area (Å²) in [7, 11) is 0. The van der Waals surface area contributed by atoms with Gasteiger partial charge >= 0.3 is 0 Å². The molecule has 0 amide bonds. The van der Waals surface area contributed by atoms with Crippen molar-refractivity contribution in [3.63, 3.8) is 0 Å². The molecule has 2 N–H and O–H groups in total. The molecule has 1 aliphatic heterocycles. The minimum atomic E-state index is 0.286. The molecule has 1 unspecified atom stereocenters. The van der Waals surface area contributed by atoms with Gasteiger partial charge in [0.05, 0.1) is 6.61 Å². The summed E-state index contributed by atoms with van der Waals surface area (Å²) in [6, 6.07) is 6.33. The minimum Gasteiger partial charge on any atom is -0.504 e. The molecule has 1 fully saturated rings. The van der Waals surface area contributed by atoms with E-state index in [2.05, 4.69) is 17.1 Å². The first-order valence-electron chi connectivity index (χ1n) is 8.14. The fraction of sp³-hybridized carbons (Fsp3) is 0.647. The van der Waals surface area contributed by atoms with E-state index in [1.54, 1.807) is 0 Å². The van der Waals surface area contributed by atoms with E-state index < -0.39 is 0 Å². The summed E-state index contributed by atoms with van der Waals surface area (Å²) in [5.41, 5.74) is 0.943. The van der Waals surface area contributed by atoms with Crippen LogP contribution in [0.2, 0.25) is 0 Å². The number of phenols is 1. The van der Waals surface area contributed by atoms with Crippen LogP contribution >= 0.6 is 0 Å². The van der Waals surface area contributed by atoms with Gasteiger partial charge in [0.1, 0.15) is 0 Å². The Morgan fingerprint density at radius 3 is 2.86 bits per heavy atom. The highest BCUT2D eigenvalue weighted by Crippen LogP contribution is 2.30. The van der Waals surface area contributed by atoms with Crippen molar-refractivity contribution in [2.24, 2.45) is 0 Å². The third-order valence-corrected chi connectivity index (χ3v) is 4.11. The number of likely N-dealkylation sites (N-methyl/N-ethyl adjacent to an activating group) is 1. The van der Waals surface area contributed by atoms with Gasteiger partial charge in [0.2, 0.25) is 0 Å². The SMILES string of the molecule is CCOc1cccc(CN(CC)CC2CCCCN2)c1O. The molecule has 0 spiro atoms. The molecular formula is C17H28N2O2. The Balaban J connectivity index is 1.98. The highest BCUT2D eigenvalue weighted by molar-refractivity contribution is 5.45. The lowest BCUT2D eigenvalue weighted by Crippen LogP contribution is -2.43. The van der Waals surface area contributed by atoms with Gasteiger partial charge in [-0.2, -0.15) is 0 Å². The van der Waals surface area contributed by atoms with Crippen LogP contribution in [-0.2, 0) is 6.54 Å². The Morgan fingerprint density at radius 1 is 1.33 bits per heavy atom. The molecule has 118 valence electrons. The average Bonchev–Trinajstić information content (AvgIpc) is 2.51. The summed E-state index contributed by atoms with van der Waals surface area (Å²) in [5, 5.41) is 13.9. The number of hydrogen-bond donors (Lipinski definition) is 2. The van der Waals surface area contributed by atoms with Crippen molar-refractivity contribution in [3.8, 4) is 11.5 Å². The second-order valence-corrected chi connectivity index (χ2v) is 5.67. The van der Waals surface area contributed by atoms with Crippen LogP contribution in [-0.4, -0.2) is 42.3 Å². The Labute approximate surface area is 128 Å². The smallest absolute Gasteiger partial charge is 0.162 e. The van der Waals surface area contributed by atoms with Crippen molar-refractivity contribution in [2.45, 2.75) is 45.7 Å². The Bertz CT molecular complexity index is 431. The van der Waals surface area contributed by atoms with Crippen molar-refractivity contribution in [3.05, 3.63) is 23.8 Å². The topological polar surface area (TPSA) is 44.7 Å². The van der Waals surface area contributed by atoms with E-state index in [-0.39, 0.29) is 5.75 Å². The number of rotatable bonds is 7. The summed E-state index contributed by atoms with van der Waals surface area (Å²) in [4.78, 5) is 2.38. The number of nitrogens with one attached hydrogen (secondary N) is 1. The molecule has 2 rings (SSSR count). The quantitative estimate of drug-likeness (QED) is 0.811. The van der Waals surface area contributed by atoms with Crippen molar-refractivity contribution in [1.29, 1.82) is 0 Å². The van der Waals surface area contributed by atoms with Gasteiger partial charge in [-0.3, -0.25) is 4.90 Å². The maximum absolute atomic E-state index is 10.3. The van der Waals surface area contributed by atoms with Crippen molar-refractivity contribution in [2.75, 3.05) is 26.2 Å². The van der Waals surface area contributed by atoms with Gasteiger partial charge in [-0.1, -0.05) is 25.5 Å². The van der Waals surface area contributed by atoms with Gasteiger partial charge in [-0.25, -0.2) is 0 Å². The number of benzene rings is 1. The Morgan fingerprint density at radius 2 is 2.19 bits per heavy atom. The molecule has 4 heteroatoms. The van der Waals surface area contributed by atoms with Crippen LogP contribution in [0, 0.1) is 0 Å². The summed E-state index contributed by atoms with van der Waals surface area (Å²) in [6.07, 6.45) is 3.86. The highest BCUT2D eigenvalue weighted by atomic mass is 16.5. The van der Waals surface area contributed by atoms with Crippen LogP contribution in [0.3, 0.4) is 0 Å². The zero-order valence-electron chi connectivity index (χ0n) is 13.3. The molecule has 1 aromatic rings. The van der Waals surface area contributed by atoms with Crippen LogP contribution in [0.25, 0.3) is 0 Å². The van der Waals surface area contributed by atoms with Crippen molar-refractivity contribution in [1.82, 2.24) is 10.2 Å². The number of aromatic hydroxyl groups is 1.